The molecular weight excluding hydrogens is 292 g/mol. The van der Waals surface area contributed by atoms with Crippen LogP contribution in [0.1, 0.15) is 18.9 Å². The van der Waals surface area contributed by atoms with Crippen molar-refractivity contribution in [2.24, 2.45) is 0 Å². The van der Waals surface area contributed by atoms with Gasteiger partial charge in [0.1, 0.15) is 5.75 Å². The lowest BCUT2D eigenvalue weighted by Crippen LogP contribution is -2.38. The number of ether oxygens (including phenoxy) is 1. The van der Waals surface area contributed by atoms with Crippen LogP contribution in [0.2, 0.25) is 0 Å². The van der Waals surface area contributed by atoms with Crippen LogP contribution in [0.15, 0.2) is 18.2 Å². The zero-order chi connectivity index (χ0) is 15.5. The standard InChI is InChI=1S/C14H20N2O4S/c1-3-20-13-8-10(2)4-5-12(13)16-14(17)15-11-6-7-21(18,19)9-11/h4-5,8,11H,3,6-7,9H2,1-2H3,(H2,15,16,17)/t11-/m0/s1. The van der Waals surface area contributed by atoms with Gasteiger partial charge in [0.2, 0.25) is 0 Å². The molecule has 2 rings (SSSR count). The van der Waals surface area contributed by atoms with Crippen LogP contribution >= 0.6 is 0 Å². The Hall–Kier alpha value is -1.76. The van der Waals surface area contributed by atoms with Crippen molar-refractivity contribution in [3.63, 3.8) is 0 Å². The van der Waals surface area contributed by atoms with E-state index in [2.05, 4.69) is 10.6 Å². The summed E-state index contributed by atoms with van der Waals surface area (Å²) < 4.78 is 28.2. The van der Waals surface area contributed by atoms with E-state index in [-0.39, 0.29) is 17.5 Å². The fraction of sp³-hybridized carbons (Fsp3) is 0.500. The Bertz CT molecular complexity index is 628. The fourth-order valence-electron chi connectivity index (χ4n) is 2.26. The number of carbonyl (C=O) groups is 1. The second kappa shape index (κ2) is 6.34. The summed E-state index contributed by atoms with van der Waals surface area (Å²) in [5.74, 6) is 0.742. The average Bonchev–Trinajstić information content (AvgIpc) is 2.72. The summed E-state index contributed by atoms with van der Waals surface area (Å²) in [5.41, 5.74) is 1.60. The molecule has 21 heavy (non-hydrogen) atoms. The van der Waals surface area contributed by atoms with Crippen molar-refractivity contribution in [2.75, 3.05) is 23.4 Å². The van der Waals surface area contributed by atoms with Gasteiger partial charge >= 0.3 is 6.03 Å². The van der Waals surface area contributed by atoms with Gasteiger partial charge in [-0.05, 0) is 38.0 Å². The number of aryl methyl sites for hydroxylation is 1. The summed E-state index contributed by atoms with van der Waals surface area (Å²) in [7, 11) is -3.00. The molecule has 0 aliphatic carbocycles. The maximum Gasteiger partial charge on any atom is 0.319 e. The van der Waals surface area contributed by atoms with Crippen LogP contribution < -0.4 is 15.4 Å². The zero-order valence-corrected chi connectivity index (χ0v) is 13.0. The summed E-state index contributed by atoms with van der Waals surface area (Å²) in [6.45, 7) is 4.31. The lowest BCUT2D eigenvalue weighted by molar-refractivity contribution is 0.249. The molecule has 1 fully saturated rings. The molecule has 1 aliphatic rings. The molecule has 0 radical (unpaired) electrons. The molecule has 7 heteroatoms. The summed E-state index contributed by atoms with van der Waals surface area (Å²) >= 11 is 0. The topological polar surface area (TPSA) is 84.5 Å². The van der Waals surface area contributed by atoms with E-state index in [4.69, 9.17) is 4.74 Å². The van der Waals surface area contributed by atoms with Gasteiger partial charge in [-0.3, -0.25) is 0 Å². The van der Waals surface area contributed by atoms with Gasteiger partial charge in [0.05, 0.1) is 23.8 Å². The minimum absolute atomic E-state index is 0.00658. The van der Waals surface area contributed by atoms with Gasteiger partial charge in [-0.25, -0.2) is 13.2 Å². The van der Waals surface area contributed by atoms with E-state index in [1.54, 1.807) is 6.07 Å². The first kappa shape index (κ1) is 15.6. The van der Waals surface area contributed by atoms with Gasteiger partial charge in [0, 0.05) is 6.04 Å². The number of hydrogen-bond donors (Lipinski definition) is 2. The highest BCUT2D eigenvalue weighted by atomic mass is 32.2. The molecule has 116 valence electrons. The Balaban J connectivity index is 1.99. The molecule has 2 N–H and O–H groups in total. The maximum atomic E-state index is 11.9. The average molecular weight is 312 g/mol. The van der Waals surface area contributed by atoms with E-state index in [1.807, 2.05) is 26.0 Å². The number of nitrogens with one attached hydrogen (secondary N) is 2. The normalized spacial score (nSPS) is 20.0. The Morgan fingerprint density at radius 3 is 2.81 bits per heavy atom. The molecule has 0 bridgehead atoms. The number of hydrogen-bond acceptors (Lipinski definition) is 4. The first-order chi connectivity index (χ1) is 9.89. The molecule has 0 saturated carbocycles. The van der Waals surface area contributed by atoms with Crippen LogP contribution in [0.3, 0.4) is 0 Å². The summed E-state index contributed by atoms with van der Waals surface area (Å²) in [4.78, 5) is 11.9. The second-order valence-electron chi connectivity index (χ2n) is 5.13. The molecular formula is C14H20N2O4S. The molecule has 6 nitrogen and oxygen atoms in total. The molecule has 2 amide bonds. The van der Waals surface area contributed by atoms with Crippen molar-refractivity contribution >= 4 is 21.6 Å². The minimum Gasteiger partial charge on any atom is -0.492 e. The van der Waals surface area contributed by atoms with Gasteiger partial charge in [0.15, 0.2) is 9.84 Å². The Labute approximate surface area is 124 Å². The summed E-state index contributed by atoms with van der Waals surface area (Å²) in [6, 6.07) is 4.75. The van der Waals surface area contributed by atoms with Crippen LogP contribution in [0.5, 0.6) is 5.75 Å². The summed E-state index contributed by atoms with van der Waals surface area (Å²) in [6.07, 6.45) is 0.460. The van der Waals surface area contributed by atoms with Crippen LogP contribution in [0, 0.1) is 6.92 Å². The van der Waals surface area contributed by atoms with Gasteiger partial charge in [-0.1, -0.05) is 6.07 Å². The molecule has 1 saturated heterocycles. The smallest absolute Gasteiger partial charge is 0.319 e. The first-order valence-corrected chi connectivity index (χ1v) is 8.73. The van der Waals surface area contributed by atoms with Gasteiger partial charge < -0.3 is 15.4 Å². The van der Waals surface area contributed by atoms with Crippen molar-refractivity contribution in [3.8, 4) is 5.75 Å². The third kappa shape index (κ3) is 4.35. The largest absolute Gasteiger partial charge is 0.492 e. The highest BCUT2D eigenvalue weighted by Gasteiger charge is 2.29. The fourth-order valence-corrected chi connectivity index (χ4v) is 3.93. The third-order valence-electron chi connectivity index (χ3n) is 3.25. The van der Waals surface area contributed by atoms with Crippen molar-refractivity contribution < 1.29 is 17.9 Å². The number of urea groups is 1. The highest BCUT2D eigenvalue weighted by Crippen LogP contribution is 2.25. The summed E-state index contributed by atoms with van der Waals surface area (Å²) in [5, 5.41) is 5.39. The number of carbonyl (C=O) groups excluding carboxylic acids is 1. The molecule has 1 atom stereocenters. The van der Waals surface area contributed by atoms with Crippen LogP contribution in [-0.2, 0) is 9.84 Å². The monoisotopic (exact) mass is 312 g/mol. The van der Waals surface area contributed by atoms with Crippen molar-refractivity contribution in [1.82, 2.24) is 5.32 Å². The van der Waals surface area contributed by atoms with E-state index in [1.165, 1.54) is 0 Å². The van der Waals surface area contributed by atoms with E-state index in [0.717, 1.165) is 5.56 Å². The molecule has 0 unspecified atom stereocenters. The number of benzene rings is 1. The van der Waals surface area contributed by atoms with Crippen LogP contribution in [-0.4, -0.2) is 38.6 Å². The molecule has 1 aromatic carbocycles. The van der Waals surface area contributed by atoms with Gasteiger partial charge in [0.25, 0.3) is 0 Å². The Kier molecular flexibility index (Phi) is 4.72. The third-order valence-corrected chi connectivity index (χ3v) is 5.02. The van der Waals surface area contributed by atoms with Crippen molar-refractivity contribution in [1.29, 1.82) is 0 Å². The van der Waals surface area contributed by atoms with Crippen LogP contribution in [0.4, 0.5) is 10.5 Å². The molecule has 0 spiro atoms. The highest BCUT2D eigenvalue weighted by molar-refractivity contribution is 7.91. The zero-order valence-electron chi connectivity index (χ0n) is 12.2. The quantitative estimate of drug-likeness (QED) is 0.886. The molecule has 1 heterocycles. The van der Waals surface area contributed by atoms with Crippen LogP contribution in [0.25, 0.3) is 0 Å². The molecule has 1 aromatic rings. The number of rotatable bonds is 4. The maximum absolute atomic E-state index is 11.9. The lowest BCUT2D eigenvalue weighted by atomic mass is 10.2. The minimum atomic E-state index is -3.00. The first-order valence-electron chi connectivity index (χ1n) is 6.91. The van der Waals surface area contributed by atoms with Gasteiger partial charge in [-0.15, -0.1) is 0 Å². The Morgan fingerprint density at radius 2 is 2.19 bits per heavy atom. The van der Waals surface area contributed by atoms with Crippen molar-refractivity contribution in [2.45, 2.75) is 26.3 Å². The lowest BCUT2D eigenvalue weighted by Gasteiger charge is -2.15. The molecule has 1 aliphatic heterocycles. The van der Waals surface area contributed by atoms with E-state index < -0.39 is 15.9 Å². The number of amides is 2. The second-order valence-corrected chi connectivity index (χ2v) is 7.36. The van der Waals surface area contributed by atoms with E-state index >= 15 is 0 Å². The molecule has 0 aromatic heterocycles. The predicted molar refractivity (Wildman–Crippen MR) is 81.6 cm³/mol. The SMILES string of the molecule is CCOc1cc(C)ccc1NC(=O)N[C@H]1CCS(=O)(=O)C1. The Morgan fingerprint density at radius 1 is 1.43 bits per heavy atom. The van der Waals surface area contributed by atoms with E-state index in [0.29, 0.717) is 24.5 Å². The number of anilines is 1. The number of sulfone groups is 1. The van der Waals surface area contributed by atoms with Crippen molar-refractivity contribution in [3.05, 3.63) is 23.8 Å². The van der Waals surface area contributed by atoms with Gasteiger partial charge in [-0.2, -0.15) is 0 Å². The van der Waals surface area contributed by atoms with E-state index in [9.17, 15) is 13.2 Å². The predicted octanol–water partition coefficient (Wildman–Crippen LogP) is 1.70.